The van der Waals surface area contributed by atoms with Gasteiger partial charge in [0.1, 0.15) is 0 Å². The molecule has 3 N–H and O–H groups in total. The molecule has 72 valence electrons. The second-order valence-electron chi connectivity index (χ2n) is 3.24. The van der Waals surface area contributed by atoms with E-state index in [0.29, 0.717) is 13.0 Å². The molecule has 1 aromatic rings. The van der Waals surface area contributed by atoms with Crippen LogP contribution in [0, 0.1) is 0 Å². The van der Waals surface area contributed by atoms with Gasteiger partial charge in [-0.25, -0.2) is 0 Å². The molecule has 0 saturated carbocycles. The van der Waals surface area contributed by atoms with E-state index in [4.69, 9.17) is 5.73 Å². The van der Waals surface area contributed by atoms with Crippen LogP contribution in [0.15, 0.2) is 24.3 Å². The standard InChI is InChI=1S/C11H12N2O/c12-6-2-5-8-3-1-4-9-7-10(14)13-11(8)9/h1-5H,6-7,12H2,(H,13,14). The van der Waals surface area contributed by atoms with Crippen LogP contribution in [0.4, 0.5) is 5.69 Å². The molecule has 3 nitrogen and oxygen atoms in total. The predicted molar refractivity (Wildman–Crippen MR) is 56.9 cm³/mol. The molecule has 0 radical (unpaired) electrons. The van der Waals surface area contributed by atoms with Gasteiger partial charge in [-0.1, -0.05) is 30.4 Å². The highest BCUT2D eigenvalue weighted by Gasteiger charge is 2.18. The van der Waals surface area contributed by atoms with E-state index < -0.39 is 0 Å². The van der Waals surface area contributed by atoms with Crippen molar-refractivity contribution >= 4 is 17.7 Å². The highest BCUT2D eigenvalue weighted by molar-refractivity contribution is 6.01. The first-order chi connectivity index (χ1) is 6.81. The summed E-state index contributed by atoms with van der Waals surface area (Å²) in [4.78, 5) is 11.2. The van der Waals surface area contributed by atoms with Crippen molar-refractivity contribution in [2.24, 2.45) is 5.73 Å². The average Bonchev–Trinajstić information content (AvgIpc) is 2.55. The fraction of sp³-hybridized carbons (Fsp3) is 0.182. The zero-order valence-corrected chi connectivity index (χ0v) is 7.79. The Hall–Kier alpha value is -1.61. The molecule has 1 heterocycles. The van der Waals surface area contributed by atoms with Crippen LogP contribution < -0.4 is 11.1 Å². The molecular formula is C11H12N2O. The van der Waals surface area contributed by atoms with Gasteiger partial charge in [0.2, 0.25) is 5.91 Å². The molecule has 0 unspecified atom stereocenters. The van der Waals surface area contributed by atoms with Crippen molar-refractivity contribution in [2.45, 2.75) is 6.42 Å². The summed E-state index contributed by atoms with van der Waals surface area (Å²) in [5, 5.41) is 2.84. The number of hydrogen-bond donors (Lipinski definition) is 2. The number of fused-ring (bicyclic) bond motifs is 1. The van der Waals surface area contributed by atoms with Crippen LogP contribution in [0.3, 0.4) is 0 Å². The first-order valence-corrected chi connectivity index (χ1v) is 4.59. The summed E-state index contributed by atoms with van der Waals surface area (Å²) in [6.07, 6.45) is 4.30. The third kappa shape index (κ3) is 1.54. The number of nitrogens with two attached hydrogens (primary N) is 1. The summed E-state index contributed by atoms with van der Waals surface area (Å²) in [5.41, 5.74) is 8.40. The molecule has 2 rings (SSSR count). The third-order valence-electron chi connectivity index (χ3n) is 2.23. The lowest BCUT2D eigenvalue weighted by molar-refractivity contribution is -0.115. The number of carbonyl (C=O) groups excluding carboxylic acids is 1. The van der Waals surface area contributed by atoms with Gasteiger partial charge in [-0.15, -0.1) is 0 Å². The summed E-state index contributed by atoms with van der Waals surface area (Å²) in [6, 6.07) is 5.89. The van der Waals surface area contributed by atoms with Crippen LogP contribution in [-0.4, -0.2) is 12.5 Å². The van der Waals surface area contributed by atoms with Gasteiger partial charge in [0.15, 0.2) is 0 Å². The van der Waals surface area contributed by atoms with Crippen LogP contribution in [-0.2, 0) is 11.2 Å². The normalized spacial score (nSPS) is 14.5. The van der Waals surface area contributed by atoms with Crippen molar-refractivity contribution in [2.75, 3.05) is 11.9 Å². The summed E-state index contributed by atoms with van der Waals surface area (Å²) < 4.78 is 0. The van der Waals surface area contributed by atoms with Gasteiger partial charge >= 0.3 is 0 Å². The summed E-state index contributed by atoms with van der Waals surface area (Å²) in [6.45, 7) is 0.512. The Morgan fingerprint density at radius 2 is 2.36 bits per heavy atom. The van der Waals surface area contributed by atoms with E-state index in [2.05, 4.69) is 5.32 Å². The number of rotatable bonds is 2. The van der Waals surface area contributed by atoms with Crippen molar-refractivity contribution in [3.05, 3.63) is 35.4 Å². The first-order valence-electron chi connectivity index (χ1n) is 4.59. The van der Waals surface area contributed by atoms with E-state index in [1.54, 1.807) is 0 Å². The van der Waals surface area contributed by atoms with Crippen LogP contribution >= 0.6 is 0 Å². The Morgan fingerprint density at radius 3 is 3.14 bits per heavy atom. The molecular weight excluding hydrogens is 176 g/mol. The van der Waals surface area contributed by atoms with Gasteiger partial charge < -0.3 is 11.1 Å². The maximum atomic E-state index is 11.2. The van der Waals surface area contributed by atoms with Crippen LogP contribution in [0.25, 0.3) is 6.08 Å². The number of benzene rings is 1. The van der Waals surface area contributed by atoms with Crippen LogP contribution in [0.2, 0.25) is 0 Å². The van der Waals surface area contributed by atoms with E-state index in [0.717, 1.165) is 16.8 Å². The number of para-hydroxylation sites is 1. The second kappa shape index (κ2) is 3.64. The Morgan fingerprint density at radius 1 is 1.50 bits per heavy atom. The van der Waals surface area contributed by atoms with Gasteiger partial charge in [0.05, 0.1) is 12.1 Å². The van der Waals surface area contributed by atoms with Crippen LogP contribution in [0.5, 0.6) is 0 Å². The zero-order chi connectivity index (χ0) is 9.97. The van der Waals surface area contributed by atoms with E-state index in [1.807, 2.05) is 30.4 Å². The lowest BCUT2D eigenvalue weighted by Gasteiger charge is -2.02. The van der Waals surface area contributed by atoms with Crippen molar-refractivity contribution in [1.82, 2.24) is 0 Å². The van der Waals surface area contributed by atoms with Gasteiger partial charge in [-0.3, -0.25) is 4.79 Å². The largest absolute Gasteiger partial charge is 0.327 e. The average molecular weight is 188 g/mol. The molecule has 0 atom stereocenters. The molecule has 0 spiro atoms. The molecule has 0 fully saturated rings. The number of carbonyl (C=O) groups is 1. The summed E-state index contributed by atoms with van der Waals surface area (Å²) in [5.74, 6) is 0.0635. The fourth-order valence-electron chi connectivity index (χ4n) is 1.61. The first kappa shape index (κ1) is 8.97. The molecule has 1 aliphatic rings. The van der Waals surface area contributed by atoms with E-state index in [1.165, 1.54) is 0 Å². The van der Waals surface area contributed by atoms with Crippen molar-refractivity contribution in [3.8, 4) is 0 Å². The molecule has 0 aliphatic carbocycles. The quantitative estimate of drug-likeness (QED) is 0.731. The minimum absolute atomic E-state index is 0.0635. The van der Waals surface area contributed by atoms with Crippen molar-refractivity contribution < 1.29 is 4.79 Å². The zero-order valence-electron chi connectivity index (χ0n) is 7.79. The Balaban J connectivity index is 2.39. The van der Waals surface area contributed by atoms with Crippen LogP contribution in [0.1, 0.15) is 11.1 Å². The predicted octanol–water partition coefficient (Wildman–Crippen LogP) is 1.15. The molecule has 0 bridgehead atoms. The minimum Gasteiger partial charge on any atom is -0.327 e. The molecule has 0 aromatic heterocycles. The van der Waals surface area contributed by atoms with Crippen molar-refractivity contribution in [3.63, 3.8) is 0 Å². The second-order valence-corrected chi connectivity index (χ2v) is 3.24. The number of anilines is 1. The minimum atomic E-state index is 0.0635. The lowest BCUT2D eigenvalue weighted by Crippen LogP contribution is -2.04. The third-order valence-corrected chi connectivity index (χ3v) is 2.23. The van der Waals surface area contributed by atoms with E-state index in [-0.39, 0.29) is 5.91 Å². The summed E-state index contributed by atoms with van der Waals surface area (Å²) >= 11 is 0. The molecule has 1 aliphatic heterocycles. The number of nitrogens with one attached hydrogen (secondary N) is 1. The van der Waals surface area contributed by atoms with E-state index >= 15 is 0 Å². The van der Waals surface area contributed by atoms with E-state index in [9.17, 15) is 4.79 Å². The molecule has 3 heteroatoms. The molecule has 1 aromatic carbocycles. The summed E-state index contributed by atoms with van der Waals surface area (Å²) in [7, 11) is 0. The Labute approximate surface area is 82.6 Å². The molecule has 0 saturated heterocycles. The smallest absolute Gasteiger partial charge is 0.228 e. The Bertz CT molecular complexity index is 396. The number of amides is 1. The topological polar surface area (TPSA) is 55.1 Å². The van der Waals surface area contributed by atoms with Gasteiger partial charge in [-0.05, 0) is 11.1 Å². The lowest BCUT2D eigenvalue weighted by atomic mass is 10.1. The monoisotopic (exact) mass is 188 g/mol. The fourth-order valence-corrected chi connectivity index (χ4v) is 1.61. The highest BCUT2D eigenvalue weighted by Crippen LogP contribution is 2.27. The maximum absolute atomic E-state index is 11.2. The molecule has 14 heavy (non-hydrogen) atoms. The number of hydrogen-bond acceptors (Lipinski definition) is 2. The SMILES string of the molecule is NCC=Cc1cccc2c1NC(=O)C2. The van der Waals surface area contributed by atoms with Crippen molar-refractivity contribution in [1.29, 1.82) is 0 Å². The maximum Gasteiger partial charge on any atom is 0.228 e. The Kier molecular flexibility index (Phi) is 2.33. The van der Waals surface area contributed by atoms with Gasteiger partial charge in [-0.2, -0.15) is 0 Å². The van der Waals surface area contributed by atoms with Gasteiger partial charge in [0.25, 0.3) is 0 Å². The highest BCUT2D eigenvalue weighted by atomic mass is 16.1. The van der Waals surface area contributed by atoms with Gasteiger partial charge in [0, 0.05) is 6.54 Å². The molecule has 1 amide bonds.